The van der Waals surface area contributed by atoms with Crippen LogP contribution in [-0.2, 0) is 16.0 Å². The molecule has 1 aromatic carbocycles. The number of hydrogen-bond acceptors (Lipinski definition) is 5. The zero-order chi connectivity index (χ0) is 14.3. The standard InChI is InChI=1S/C14H21NO4.ClH/c1-2-3-4-7-19-14(18)11(15)8-10-5-6-12(16)13(17)9-10;/h5-6,9,11,16-17H,2-4,7-8,15H2,1H3;1H/t11-;/m0./s1. The molecule has 0 aliphatic heterocycles. The van der Waals surface area contributed by atoms with Crippen LogP contribution in [0.15, 0.2) is 18.2 Å². The zero-order valence-corrected chi connectivity index (χ0v) is 12.4. The number of carbonyl (C=O) groups excluding carboxylic acids is 1. The van der Waals surface area contributed by atoms with E-state index < -0.39 is 12.0 Å². The third kappa shape index (κ3) is 6.12. The van der Waals surface area contributed by atoms with Crippen molar-refractivity contribution >= 4 is 18.4 Å². The van der Waals surface area contributed by atoms with Crippen molar-refractivity contribution in [2.24, 2.45) is 5.73 Å². The van der Waals surface area contributed by atoms with Gasteiger partial charge in [0.05, 0.1) is 6.61 Å². The highest BCUT2D eigenvalue weighted by atomic mass is 35.5. The van der Waals surface area contributed by atoms with Gasteiger partial charge >= 0.3 is 5.97 Å². The molecule has 0 unspecified atom stereocenters. The van der Waals surface area contributed by atoms with E-state index >= 15 is 0 Å². The lowest BCUT2D eigenvalue weighted by molar-refractivity contribution is -0.145. The van der Waals surface area contributed by atoms with Gasteiger partial charge in [0, 0.05) is 0 Å². The van der Waals surface area contributed by atoms with Crippen molar-refractivity contribution in [3.8, 4) is 11.5 Å². The lowest BCUT2D eigenvalue weighted by Crippen LogP contribution is -2.34. The lowest BCUT2D eigenvalue weighted by Gasteiger charge is -2.12. The summed E-state index contributed by atoms with van der Waals surface area (Å²) in [5, 5.41) is 18.5. The number of hydrogen-bond donors (Lipinski definition) is 3. The van der Waals surface area contributed by atoms with Gasteiger partial charge in [0.25, 0.3) is 0 Å². The van der Waals surface area contributed by atoms with Crippen molar-refractivity contribution in [3.63, 3.8) is 0 Å². The molecule has 0 radical (unpaired) electrons. The number of ether oxygens (including phenoxy) is 1. The normalized spacial score (nSPS) is 11.5. The van der Waals surface area contributed by atoms with Gasteiger partial charge in [-0.2, -0.15) is 0 Å². The van der Waals surface area contributed by atoms with Crippen molar-refractivity contribution in [3.05, 3.63) is 23.8 Å². The number of halogens is 1. The summed E-state index contributed by atoms with van der Waals surface area (Å²) in [6.45, 7) is 2.46. The zero-order valence-electron chi connectivity index (χ0n) is 11.5. The molecule has 5 nitrogen and oxygen atoms in total. The number of unbranched alkanes of at least 4 members (excludes halogenated alkanes) is 2. The molecule has 0 bridgehead atoms. The monoisotopic (exact) mass is 303 g/mol. The first-order valence-corrected chi connectivity index (χ1v) is 6.47. The van der Waals surface area contributed by atoms with Crippen molar-refractivity contribution in [1.29, 1.82) is 0 Å². The molecule has 0 heterocycles. The molecule has 20 heavy (non-hydrogen) atoms. The second-order valence-corrected chi connectivity index (χ2v) is 4.51. The van der Waals surface area contributed by atoms with Crippen molar-refractivity contribution in [2.75, 3.05) is 6.61 Å². The molecule has 0 aromatic heterocycles. The van der Waals surface area contributed by atoms with Crippen LogP contribution in [0.4, 0.5) is 0 Å². The Balaban J connectivity index is 0.00000361. The number of phenolic OH excluding ortho intramolecular Hbond substituents is 2. The molecule has 0 saturated carbocycles. The highest BCUT2D eigenvalue weighted by Crippen LogP contribution is 2.25. The number of carbonyl (C=O) groups is 1. The van der Waals surface area contributed by atoms with E-state index in [0.29, 0.717) is 12.2 Å². The van der Waals surface area contributed by atoms with Gasteiger partial charge in [-0.3, -0.25) is 4.79 Å². The molecule has 0 spiro atoms. The van der Waals surface area contributed by atoms with E-state index in [-0.39, 0.29) is 30.3 Å². The van der Waals surface area contributed by atoms with Gasteiger partial charge in [-0.25, -0.2) is 0 Å². The molecule has 1 aromatic rings. The summed E-state index contributed by atoms with van der Waals surface area (Å²) in [6.07, 6.45) is 3.19. The molecule has 0 aliphatic carbocycles. The molecule has 0 fully saturated rings. The summed E-state index contributed by atoms with van der Waals surface area (Å²) in [5.74, 6) is -0.857. The van der Waals surface area contributed by atoms with Gasteiger partial charge in [0.15, 0.2) is 11.5 Å². The van der Waals surface area contributed by atoms with Crippen LogP contribution in [0.25, 0.3) is 0 Å². The molecule has 1 atom stereocenters. The number of rotatable bonds is 7. The summed E-state index contributed by atoms with van der Waals surface area (Å²) in [6, 6.07) is 3.61. The lowest BCUT2D eigenvalue weighted by atomic mass is 10.1. The summed E-state index contributed by atoms with van der Waals surface area (Å²) < 4.78 is 5.06. The van der Waals surface area contributed by atoms with E-state index in [1.165, 1.54) is 12.1 Å². The highest BCUT2D eigenvalue weighted by molar-refractivity contribution is 5.85. The molecular formula is C14H22ClNO4. The first kappa shape index (κ1) is 18.5. The SMILES string of the molecule is CCCCCOC(=O)[C@@H](N)Cc1ccc(O)c(O)c1.Cl. The van der Waals surface area contributed by atoms with Crippen LogP contribution in [-0.4, -0.2) is 28.8 Å². The maximum absolute atomic E-state index is 11.6. The van der Waals surface area contributed by atoms with Gasteiger partial charge in [-0.1, -0.05) is 25.8 Å². The largest absolute Gasteiger partial charge is 0.504 e. The Morgan fingerprint density at radius 1 is 1.30 bits per heavy atom. The van der Waals surface area contributed by atoms with Crippen molar-refractivity contribution < 1.29 is 19.7 Å². The van der Waals surface area contributed by atoms with Crippen molar-refractivity contribution in [2.45, 2.75) is 38.6 Å². The third-order valence-electron chi connectivity index (χ3n) is 2.79. The predicted molar refractivity (Wildman–Crippen MR) is 79.2 cm³/mol. The van der Waals surface area contributed by atoms with E-state index in [4.69, 9.17) is 10.5 Å². The third-order valence-corrected chi connectivity index (χ3v) is 2.79. The summed E-state index contributed by atoms with van der Waals surface area (Å²) in [4.78, 5) is 11.6. The Kier molecular flexibility index (Phi) is 8.76. The van der Waals surface area contributed by atoms with Crippen LogP contribution >= 0.6 is 12.4 Å². The summed E-state index contributed by atoms with van der Waals surface area (Å²) >= 11 is 0. The van der Waals surface area contributed by atoms with Crippen LogP contribution in [0.5, 0.6) is 11.5 Å². The summed E-state index contributed by atoms with van der Waals surface area (Å²) in [7, 11) is 0. The molecular weight excluding hydrogens is 282 g/mol. The van der Waals surface area contributed by atoms with Gasteiger partial charge < -0.3 is 20.7 Å². The number of phenols is 2. The summed E-state index contributed by atoms with van der Waals surface area (Å²) in [5.41, 5.74) is 6.41. The van der Waals surface area contributed by atoms with Crippen molar-refractivity contribution in [1.82, 2.24) is 0 Å². The Hall–Kier alpha value is -1.46. The Labute approximate surface area is 125 Å². The van der Waals surface area contributed by atoms with Crippen LogP contribution < -0.4 is 5.73 Å². The number of esters is 1. The molecule has 6 heteroatoms. The molecule has 0 amide bonds. The molecule has 4 N–H and O–H groups in total. The van der Waals surface area contributed by atoms with E-state index in [2.05, 4.69) is 6.92 Å². The topological polar surface area (TPSA) is 92.8 Å². The number of nitrogens with two attached hydrogens (primary N) is 1. The van der Waals surface area contributed by atoms with Gasteiger partial charge in [-0.15, -0.1) is 12.4 Å². The Morgan fingerprint density at radius 3 is 2.60 bits per heavy atom. The van der Waals surface area contributed by atoms with E-state index in [1.54, 1.807) is 6.07 Å². The Morgan fingerprint density at radius 2 is 2.00 bits per heavy atom. The van der Waals surface area contributed by atoms with Crippen LogP contribution in [0.2, 0.25) is 0 Å². The minimum absolute atomic E-state index is 0. The van der Waals surface area contributed by atoms with Crippen LogP contribution in [0.1, 0.15) is 31.7 Å². The minimum Gasteiger partial charge on any atom is -0.504 e. The highest BCUT2D eigenvalue weighted by Gasteiger charge is 2.16. The van der Waals surface area contributed by atoms with Gasteiger partial charge in [0.1, 0.15) is 6.04 Å². The fourth-order valence-electron chi connectivity index (χ4n) is 1.67. The molecule has 0 aliphatic rings. The fourth-order valence-corrected chi connectivity index (χ4v) is 1.67. The molecule has 1 rings (SSSR count). The average Bonchev–Trinajstić information content (AvgIpc) is 2.38. The molecule has 114 valence electrons. The van der Waals surface area contributed by atoms with E-state index in [9.17, 15) is 15.0 Å². The van der Waals surface area contributed by atoms with E-state index in [1.807, 2.05) is 0 Å². The number of aromatic hydroxyl groups is 2. The quantitative estimate of drug-likeness (QED) is 0.407. The van der Waals surface area contributed by atoms with Gasteiger partial charge in [-0.05, 0) is 30.5 Å². The average molecular weight is 304 g/mol. The first-order chi connectivity index (χ1) is 9.04. The van der Waals surface area contributed by atoms with E-state index in [0.717, 1.165) is 19.3 Å². The first-order valence-electron chi connectivity index (χ1n) is 6.47. The smallest absolute Gasteiger partial charge is 0.323 e. The van der Waals surface area contributed by atoms with Crippen LogP contribution in [0.3, 0.4) is 0 Å². The van der Waals surface area contributed by atoms with Crippen LogP contribution in [0, 0.1) is 0 Å². The maximum atomic E-state index is 11.6. The Bertz CT molecular complexity index is 426. The number of benzene rings is 1. The predicted octanol–water partition coefficient (Wildman–Crippen LogP) is 2.12. The van der Waals surface area contributed by atoms with Gasteiger partial charge in [0.2, 0.25) is 0 Å². The maximum Gasteiger partial charge on any atom is 0.323 e. The minimum atomic E-state index is -0.759. The second kappa shape index (κ2) is 9.44. The molecule has 0 saturated heterocycles. The fraction of sp³-hybridized carbons (Fsp3) is 0.500. The second-order valence-electron chi connectivity index (χ2n) is 4.51.